The van der Waals surface area contributed by atoms with Gasteiger partial charge < -0.3 is 4.90 Å². The second kappa shape index (κ2) is 5.33. The van der Waals surface area contributed by atoms with E-state index in [4.69, 9.17) is 5.26 Å². The molecule has 1 fully saturated rings. The average Bonchev–Trinajstić information content (AvgIpc) is 2.29. The number of likely N-dealkylation sites (N-methyl/N-ethyl adjacent to an activating group) is 2. The molecule has 3 nitrogen and oxygen atoms in total. The van der Waals surface area contributed by atoms with Gasteiger partial charge in [0.05, 0.1) is 12.5 Å². The third-order valence-corrected chi connectivity index (χ3v) is 3.33. The van der Waals surface area contributed by atoms with Crippen LogP contribution in [0.5, 0.6) is 0 Å². The number of nitriles is 1. The minimum Gasteiger partial charge on any atom is -0.302 e. The highest BCUT2D eigenvalue weighted by atomic mass is 15.2. The lowest BCUT2D eigenvalue weighted by atomic mass is 10.2. The lowest BCUT2D eigenvalue weighted by Gasteiger charge is -2.28. The fourth-order valence-corrected chi connectivity index (χ4v) is 2.10. The Labute approximate surface area is 87.3 Å². The maximum Gasteiger partial charge on any atom is 0.0638 e. The fourth-order valence-electron chi connectivity index (χ4n) is 2.10. The summed E-state index contributed by atoms with van der Waals surface area (Å²) in [4.78, 5) is 4.81. The third-order valence-electron chi connectivity index (χ3n) is 3.33. The van der Waals surface area contributed by atoms with Crippen molar-refractivity contribution in [2.45, 2.75) is 38.8 Å². The first-order valence-corrected chi connectivity index (χ1v) is 5.50. The highest BCUT2D eigenvalue weighted by Gasteiger charge is 2.25. The molecule has 14 heavy (non-hydrogen) atoms. The van der Waals surface area contributed by atoms with Crippen molar-refractivity contribution in [3.63, 3.8) is 0 Å². The average molecular weight is 195 g/mol. The molecule has 2 atom stereocenters. The van der Waals surface area contributed by atoms with Crippen LogP contribution in [0.2, 0.25) is 0 Å². The quantitative estimate of drug-likeness (QED) is 0.665. The van der Waals surface area contributed by atoms with Gasteiger partial charge in [-0.25, -0.2) is 0 Å². The van der Waals surface area contributed by atoms with Crippen LogP contribution in [-0.4, -0.2) is 48.6 Å². The van der Waals surface area contributed by atoms with E-state index in [0.717, 1.165) is 19.6 Å². The largest absolute Gasteiger partial charge is 0.302 e. The van der Waals surface area contributed by atoms with E-state index in [9.17, 15) is 0 Å². The number of nitrogens with zero attached hydrogens (tertiary/aromatic N) is 3. The van der Waals surface area contributed by atoms with E-state index >= 15 is 0 Å². The van der Waals surface area contributed by atoms with Gasteiger partial charge in [0.2, 0.25) is 0 Å². The predicted molar refractivity (Wildman–Crippen MR) is 58.0 cm³/mol. The molecule has 0 saturated carbocycles. The molecule has 0 aliphatic carbocycles. The Hall–Kier alpha value is -0.590. The molecule has 0 bridgehead atoms. The first-order chi connectivity index (χ1) is 6.69. The van der Waals surface area contributed by atoms with Gasteiger partial charge in [-0.2, -0.15) is 5.26 Å². The Morgan fingerprint density at radius 1 is 1.50 bits per heavy atom. The van der Waals surface area contributed by atoms with Crippen molar-refractivity contribution < 1.29 is 0 Å². The zero-order chi connectivity index (χ0) is 10.6. The zero-order valence-electron chi connectivity index (χ0n) is 9.53. The van der Waals surface area contributed by atoms with Crippen LogP contribution >= 0.6 is 0 Å². The Kier molecular flexibility index (Phi) is 4.37. The highest BCUT2D eigenvalue weighted by molar-refractivity contribution is 4.88. The maximum absolute atomic E-state index is 8.78. The molecule has 0 amide bonds. The molecule has 0 radical (unpaired) electrons. The van der Waals surface area contributed by atoms with Gasteiger partial charge in [-0.15, -0.1) is 0 Å². The highest BCUT2D eigenvalue weighted by Crippen LogP contribution is 2.15. The van der Waals surface area contributed by atoms with Gasteiger partial charge in [0, 0.05) is 18.6 Å². The Bertz CT molecular complexity index is 209. The van der Waals surface area contributed by atoms with Crippen LogP contribution in [0.4, 0.5) is 0 Å². The lowest BCUT2D eigenvalue weighted by Crippen LogP contribution is -2.40. The normalized spacial score (nSPS) is 31.0. The summed E-state index contributed by atoms with van der Waals surface area (Å²) in [6.07, 6.45) is 1.87. The van der Waals surface area contributed by atoms with Crippen molar-refractivity contribution in [3.8, 4) is 6.07 Å². The van der Waals surface area contributed by atoms with Crippen molar-refractivity contribution in [2.24, 2.45) is 0 Å². The van der Waals surface area contributed by atoms with Crippen molar-refractivity contribution >= 4 is 0 Å². The van der Waals surface area contributed by atoms with Crippen LogP contribution < -0.4 is 0 Å². The summed E-state index contributed by atoms with van der Waals surface area (Å²) in [7, 11) is 2.16. The summed E-state index contributed by atoms with van der Waals surface area (Å²) in [6, 6.07) is 3.37. The predicted octanol–water partition coefficient (Wildman–Crippen LogP) is 1.31. The molecule has 1 aliphatic heterocycles. The van der Waals surface area contributed by atoms with Crippen molar-refractivity contribution in [2.75, 3.05) is 26.7 Å². The van der Waals surface area contributed by atoms with E-state index in [2.05, 4.69) is 36.8 Å². The van der Waals surface area contributed by atoms with E-state index in [1.807, 2.05) is 0 Å². The molecular weight excluding hydrogens is 174 g/mol. The first-order valence-electron chi connectivity index (χ1n) is 5.50. The van der Waals surface area contributed by atoms with Gasteiger partial charge in [0.25, 0.3) is 0 Å². The maximum atomic E-state index is 8.78. The van der Waals surface area contributed by atoms with Crippen LogP contribution in [0.3, 0.4) is 0 Å². The van der Waals surface area contributed by atoms with E-state index < -0.39 is 0 Å². The Balaban J connectivity index is 2.63. The minimum absolute atomic E-state index is 0.431. The molecule has 80 valence electrons. The zero-order valence-corrected chi connectivity index (χ0v) is 9.53. The topological polar surface area (TPSA) is 30.3 Å². The van der Waals surface area contributed by atoms with Gasteiger partial charge >= 0.3 is 0 Å². The molecule has 0 spiro atoms. The van der Waals surface area contributed by atoms with Crippen molar-refractivity contribution in [3.05, 3.63) is 0 Å². The first kappa shape index (κ1) is 11.5. The number of hydrogen-bond acceptors (Lipinski definition) is 3. The summed E-state index contributed by atoms with van der Waals surface area (Å²) in [5, 5.41) is 8.78. The molecule has 1 aliphatic rings. The molecular formula is C11H21N3. The number of rotatable bonds is 2. The van der Waals surface area contributed by atoms with Gasteiger partial charge in [0.1, 0.15) is 0 Å². The summed E-state index contributed by atoms with van der Waals surface area (Å²) in [6.45, 7) is 7.67. The van der Waals surface area contributed by atoms with Gasteiger partial charge in [-0.3, -0.25) is 4.90 Å². The number of hydrogen-bond donors (Lipinski definition) is 0. The Morgan fingerprint density at radius 3 is 2.79 bits per heavy atom. The molecule has 2 unspecified atom stereocenters. The van der Waals surface area contributed by atoms with E-state index in [1.54, 1.807) is 0 Å². The van der Waals surface area contributed by atoms with Gasteiger partial charge in [0.15, 0.2) is 0 Å². The summed E-state index contributed by atoms with van der Waals surface area (Å²) in [5.74, 6) is 0. The summed E-state index contributed by atoms with van der Waals surface area (Å²) < 4.78 is 0. The fraction of sp³-hybridized carbons (Fsp3) is 0.909. The second-order valence-electron chi connectivity index (χ2n) is 4.22. The van der Waals surface area contributed by atoms with Crippen molar-refractivity contribution in [1.29, 1.82) is 5.26 Å². The van der Waals surface area contributed by atoms with Crippen LogP contribution in [-0.2, 0) is 0 Å². The molecule has 0 aromatic rings. The second-order valence-corrected chi connectivity index (χ2v) is 4.22. The van der Waals surface area contributed by atoms with Crippen LogP contribution in [0.25, 0.3) is 0 Å². The molecule has 1 saturated heterocycles. The SMILES string of the molecule is CCN1CCC(C)N(C)CC1CC#N. The molecule has 0 aromatic heterocycles. The summed E-state index contributed by atoms with van der Waals surface area (Å²) in [5.41, 5.74) is 0. The van der Waals surface area contributed by atoms with E-state index in [-0.39, 0.29) is 0 Å². The monoisotopic (exact) mass is 195 g/mol. The van der Waals surface area contributed by atoms with Gasteiger partial charge in [-0.05, 0) is 33.5 Å². The van der Waals surface area contributed by atoms with Crippen LogP contribution in [0, 0.1) is 11.3 Å². The smallest absolute Gasteiger partial charge is 0.0638 e. The molecule has 1 rings (SSSR count). The van der Waals surface area contributed by atoms with Crippen LogP contribution in [0.1, 0.15) is 26.7 Å². The van der Waals surface area contributed by atoms with Crippen molar-refractivity contribution in [1.82, 2.24) is 9.80 Å². The summed E-state index contributed by atoms with van der Waals surface area (Å²) >= 11 is 0. The standard InChI is InChI=1S/C11H21N3/c1-4-14-8-6-10(2)13(3)9-11(14)5-7-12/h10-11H,4-6,8-9H2,1-3H3. The molecule has 0 aromatic carbocycles. The molecule has 1 heterocycles. The molecule has 3 heteroatoms. The van der Waals surface area contributed by atoms with Crippen LogP contribution in [0.15, 0.2) is 0 Å². The van der Waals surface area contributed by atoms with E-state index in [0.29, 0.717) is 18.5 Å². The Morgan fingerprint density at radius 2 is 2.21 bits per heavy atom. The lowest BCUT2D eigenvalue weighted by molar-refractivity contribution is 0.192. The molecule has 0 N–H and O–H groups in total. The third kappa shape index (κ3) is 2.70. The van der Waals surface area contributed by atoms with E-state index in [1.165, 1.54) is 6.42 Å². The van der Waals surface area contributed by atoms with Gasteiger partial charge in [-0.1, -0.05) is 6.92 Å². The minimum atomic E-state index is 0.431.